The molecule has 1 aromatic carbocycles. The van der Waals surface area contributed by atoms with Gasteiger partial charge in [-0.1, -0.05) is 39.8 Å². The third-order valence-electron chi connectivity index (χ3n) is 11.0. The zero-order valence-corrected chi connectivity index (χ0v) is 30.0. The van der Waals surface area contributed by atoms with E-state index in [1.54, 1.807) is 6.07 Å². The number of likely N-dealkylation sites (tertiary alicyclic amines) is 1. The van der Waals surface area contributed by atoms with Gasteiger partial charge in [0.15, 0.2) is 0 Å². The molecule has 1 aliphatic heterocycles. The second-order valence-corrected chi connectivity index (χ2v) is 14.2. The van der Waals surface area contributed by atoms with Crippen molar-refractivity contribution in [1.82, 2.24) is 19.6 Å². The number of aryl methyl sites for hydroxylation is 2. The summed E-state index contributed by atoms with van der Waals surface area (Å²) in [6.07, 6.45) is 7.49. The molecule has 0 radical (unpaired) electrons. The molecule has 3 aliphatic rings. The number of piperidine rings is 1. The average molecular weight is 676 g/mol. The van der Waals surface area contributed by atoms with E-state index in [1.165, 1.54) is 29.4 Å². The molecule has 1 saturated heterocycles. The smallest absolute Gasteiger partial charge is 0.321 e. The number of benzene rings is 1. The molecule has 2 aliphatic carbocycles. The number of aromatic nitrogens is 2. The summed E-state index contributed by atoms with van der Waals surface area (Å²) in [5.41, 5.74) is 5.24. The van der Waals surface area contributed by atoms with Crippen LogP contribution in [-0.2, 0) is 29.6 Å². The molecule has 5 rings (SSSR count). The van der Waals surface area contributed by atoms with Crippen LogP contribution in [0.2, 0.25) is 0 Å². The van der Waals surface area contributed by atoms with Crippen molar-refractivity contribution < 1.29 is 14.3 Å². The predicted octanol–water partition coefficient (Wildman–Crippen LogP) is 7.53. The van der Waals surface area contributed by atoms with Gasteiger partial charge in [-0.15, -0.1) is 37.2 Å². The molecule has 1 N–H and O–H groups in total. The normalized spacial score (nSPS) is 24.2. The molecular formula is C34H54Cl3FN4O2. The Kier molecular flexibility index (Phi) is 13.2. The molecule has 6 nitrogen and oxygen atoms in total. The summed E-state index contributed by atoms with van der Waals surface area (Å²) in [5.74, 6) is -0.432. The summed E-state index contributed by atoms with van der Waals surface area (Å²) in [4.78, 5) is 17.2. The molecule has 0 unspecified atom stereocenters. The van der Waals surface area contributed by atoms with Crippen molar-refractivity contribution in [2.45, 2.75) is 122 Å². The van der Waals surface area contributed by atoms with Gasteiger partial charge < -0.3 is 10.0 Å². The van der Waals surface area contributed by atoms with E-state index in [0.29, 0.717) is 12.0 Å². The molecule has 1 saturated carbocycles. The number of hydrogen-bond acceptors (Lipinski definition) is 4. The minimum atomic E-state index is -0.770. The lowest BCUT2D eigenvalue weighted by Gasteiger charge is -2.45. The molecule has 1 aromatic heterocycles. The van der Waals surface area contributed by atoms with Crippen LogP contribution >= 0.6 is 37.2 Å². The topological polar surface area (TPSA) is 61.6 Å². The fourth-order valence-corrected chi connectivity index (χ4v) is 8.91. The number of carbonyl (C=O) groups is 1. The van der Waals surface area contributed by atoms with Crippen molar-refractivity contribution in [2.75, 3.05) is 20.1 Å². The Morgan fingerprint density at radius 1 is 1.14 bits per heavy atom. The SMILES string of the molecule is CCc1nn(CC)c2c1CCC21CCN([C@H](C)[C@H]2C[C@@H](N(C)[C@@H](C(=O)O)C(C)(C)C)C[C@@H]2c2cccc(F)c2)CC1.Cl.Cl.Cl. The van der Waals surface area contributed by atoms with E-state index in [2.05, 4.69) is 41.3 Å². The zero-order valence-electron chi connectivity index (χ0n) is 27.5. The van der Waals surface area contributed by atoms with Crippen LogP contribution in [0.3, 0.4) is 0 Å². The first-order chi connectivity index (χ1) is 19.4. The van der Waals surface area contributed by atoms with Gasteiger partial charge in [0.1, 0.15) is 11.9 Å². The number of rotatable bonds is 8. The molecule has 2 aromatic rings. The van der Waals surface area contributed by atoms with Gasteiger partial charge in [0.25, 0.3) is 0 Å². The second kappa shape index (κ2) is 15.0. The van der Waals surface area contributed by atoms with Crippen LogP contribution in [0.4, 0.5) is 4.39 Å². The fraction of sp³-hybridized carbons (Fsp3) is 0.706. The Labute approximate surface area is 282 Å². The maximum absolute atomic E-state index is 14.4. The van der Waals surface area contributed by atoms with Gasteiger partial charge >= 0.3 is 5.97 Å². The van der Waals surface area contributed by atoms with E-state index < -0.39 is 12.0 Å². The number of likely N-dealkylation sites (N-methyl/N-ethyl adjacent to an activating group) is 1. The average Bonchev–Trinajstić information content (AvgIpc) is 3.62. The van der Waals surface area contributed by atoms with E-state index in [4.69, 9.17) is 5.10 Å². The Balaban J connectivity index is 0.00000225. The van der Waals surface area contributed by atoms with E-state index in [9.17, 15) is 14.3 Å². The highest BCUT2D eigenvalue weighted by atomic mass is 35.5. The quantitative estimate of drug-likeness (QED) is 0.314. The zero-order chi connectivity index (χ0) is 29.7. The van der Waals surface area contributed by atoms with Gasteiger partial charge in [-0.3, -0.25) is 14.4 Å². The first-order valence-corrected chi connectivity index (χ1v) is 15.9. The molecule has 10 heteroatoms. The van der Waals surface area contributed by atoms with Crippen molar-refractivity contribution in [3.63, 3.8) is 0 Å². The predicted molar refractivity (Wildman–Crippen MR) is 184 cm³/mol. The van der Waals surface area contributed by atoms with Crippen molar-refractivity contribution in [2.24, 2.45) is 11.3 Å². The lowest BCUT2D eigenvalue weighted by atomic mass is 9.75. The summed E-state index contributed by atoms with van der Waals surface area (Å²) in [6.45, 7) is 15.9. The molecule has 5 atom stereocenters. The number of carboxylic acids is 1. The van der Waals surface area contributed by atoms with Gasteiger partial charge in [0.2, 0.25) is 0 Å². The molecule has 44 heavy (non-hydrogen) atoms. The number of aliphatic carboxylic acids is 1. The Morgan fingerprint density at radius 2 is 1.80 bits per heavy atom. The third-order valence-corrected chi connectivity index (χ3v) is 11.0. The Morgan fingerprint density at radius 3 is 2.34 bits per heavy atom. The van der Waals surface area contributed by atoms with Gasteiger partial charge in [0, 0.05) is 29.7 Å². The molecular weight excluding hydrogens is 622 g/mol. The van der Waals surface area contributed by atoms with Crippen molar-refractivity contribution in [1.29, 1.82) is 0 Å². The maximum Gasteiger partial charge on any atom is 0.321 e. The van der Waals surface area contributed by atoms with Crippen molar-refractivity contribution in [3.8, 4) is 0 Å². The molecule has 0 bridgehead atoms. The highest BCUT2D eigenvalue weighted by molar-refractivity contribution is 5.86. The van der Waals surface area contributed by atoms with E-state index >= 15 is 0 Å². The summed E-state index contributed by atoms with van der Waals surface area (Å²) < 4.78 is 16.7. The van der Waals surface area contributed by atoms with Crippen LogP contribution in [0.5, 0.6) is 0 Å². The van der Waals surface area contributed by atoms with Crippen LogP contribution in [0.25, 0.3) is 0 Å². The lowest BCUT2D eigenvalue weighted by Crippen LogP contribution is -2.51. The van der Waals surface area contributed by atoms with Crippen LogP contribution in [-0.4, -0.2) is 68.9 Å². The van der Waals surface area contributed by atoms with Gasteiger partial charge in [0.05, 0.1) is 5.69 Å². The Hall–Kier alpha value is -1.38. The van der Waals surface area contributed by atoms with Crippen LogP contribution < -0.4 is 0 Å². The number of fused-ring (bicyclic) bond motifs is 2. The van der Waals surface area contributed by atoms with Gasteiger partial charge in [-0.05, 0) is 119 Å². The summed E-state index contributed by atoms with van der Waals surface area (Å²) >= 11 is 0. The summed E-state index contributed by atoms with van der Waals surface area (Å²) in [7, 11) is 1.98. The summed E-state index contributed by atoms with van der Waals surface area (Å²) in [5, 5.41) is 15.1. The van der Waals surface area contributed by atoms with Crippen LogP contribution in [0.1, 0.15) is 102 Å². The lowest BCUT2D eigenvalue weighted by molar-refractivity contribution is -0.148. The van der Waals surface area contributed by atoms with Crippen molar-refractivity contribution in [3.05, 3.63) is 52.6 Å². The Bertz CT molecular complexity index is 1260. The van der Waals surface area contributed by atoms with E-state index in [0.717, 1.165) is 63.7 Å². The first kappa shape index (κ1) is 38.8. The molecule has 250 valence electrons. The van der Waals surface area contributed by atoms with E-state index in [-0.39, 0.29) is 65.8 Å². The van der Waals surface area contributed by atoms with Gasteiger partial charge in [-0.25, -0.2) is 4.39 Å². The largest absolute Gasteiger partial charge is 0.480 e. The number of hydrogen-bond donors (Lipinski definition) is 1. The third kappa shape index (κ3) is 7.12. The number of carboxylic acid groups (broad SMARTS) is 1. The highest BCUT2D eigenvalue weighted by Gasteiger charge is 2.49. The standard InChI is InChI=1S/C34H51FN4O2.3ClH/c1-8-29-26-13-14-34(30(26)39(9-2)36-29)15-17-38(18-16-34)22(3)27-20-25(37(7)31(32(40)41)33(4,5)6)21-28(27)23-11-10-12-24(35)19-23;;;/h10-12,19,22,25,27-28,31H,8-9,13-18,20-21H2,1-7H3,(H,40,41);3*1H/t22-,25-,27-,28-,31+;;;/m1.../s1. The molecule has 2 fully saturated rings. The number of halogens is 4. The minimum absolute atomic E-state index is 0. The van der Waals surface area contributed by atoms with E-state index in [1.807, 2.05) is 33.9 Å². The molecule has 0 amide bonds. The minimum Gasteiger partial charge on any atom is -0.480 e. The molecule has 1 spiro atoms. The second-order valence-electron chi connectivity index (χ2n) is 14.2. The van der Waals surface area contributed by atoms with Gasteiger partial charge in [-0.2, -0.15) is 5.10 Å². The fourth-order valence-electron chi connectivity index (χ4n) is 8.91. The van der Waals surface area contributed by atoms with Crippen LogP contribution in [0.15, 0.2) is 24.3 Å². The maximum atomic E-state index is 14.4. The number of nitrogens with zero attached hydrogens (tertiary/aromatic N) is 4. The molecule has 2 heterocycles. The summed E-state index contributed by atoms with van der Waals surface area (Å²) in [6, 6.07) is 7.01. The monoisotopic (exact) mass is 674 g/mol. The highest BCUT2D eigenvalue weighted by Crippen LogP contribution is 2.50. The van der Waals surface area contributed by atoms with Crippen LogP contribution in [0, 0.1) is 17.2 Å². The first-order valence-electron chi connectivity index (χ1n) is 15.9. The van der Waals surface area contributed by atoms with Crippen molar-refractivity contribution >= 4 is 43.2 Å².